The molecule has 2 aliphatic rings. The van der Waals surface area contributed by atoms with Gasteiger partial charge in [-0.1, -0.05) is 45.8 Å². The largest absolute Gasteiger partial charge is 0.496 e. The Kier molecular flexibility index (Phi) is 7.61. The molecule has 0 amide bonds. The van der Waals surface area contributed by atoms with Gasteiger partial charge in [0.1, 0.15) is 5.75 Å². The highest BCUT2D eigenvalue weighted by Crippen LogP contribution is 2.32. The first kappa shape index (κ1) is 21.0. The van der Waals surface area contributed by atoms with Gasteiger partial charge in [0.05, 0.1) is 13.2 Å². The fourth-order valence-corrected chi connectivity index (χ4v) is 4.47. The van der Waals surface area contributed by atoms with Gasteiger partial charge in [-0.15, -0.1) is 0 Å². The Balaban J connectivity index is 1.80. The minimum atomic E-state index is 0.226. The molecule has 1 atom stereocenters. The molecule has 0 bridgehead atoms. The number of hydrogen-bond donors (Lipinski definition) is 1. The van der Waals surface area contributed by atoms with Crippen LogP contribution in [0.3, 0.4) is 0 Å². The van der Waals surface area contributed by atoms with E-state index in [2.05, 4.69) is 61.5 Å². The molecule has 3 nitrogen and oxygen atoms in total. The molecular weight excluding hydrogens is 344 g/mol. The molecule has 0 aliphatic carbocycles. The fraction of sp³-hybridized carbons (Fsp3) is 0.600. The van der Waals surface area contributed by atoms with E-state index in [1.54, 1.807) is 7.11 Å². The highest BCUT2D eigenvalue weighted by Gasteiger charge is 2.20. The van der Waals surface area contributed by atoms with Crippen LogP contribution in [0.15, 0.2) is 36.1 Å². The molecule has 1 aromatic rings. The summed E-state index contributed by atoms with van der Waals surface area (Å²) in [5, 5.41) is 3.55. The zero-order chi connectivity index (χ0) is 19.9. The Hall–Kier alpha value is -1.74. The lowest BCUT2D eigenvalue weighted by Crippen LogP contribution is -2.34. The summed E-state index contributed by atoms with van der Waals surface area (Å²) in [6, 6.07) is 4.88. The molecule has 1 N–H and O–H groups in total. The van der Waals surface area contributed by atoms with Crippen molar-refractivity contribution in [1.29, 1.82) is 0 Å². The van der Waals surface area contributed by atoms with E-state index in [4.69, 9.17) is 4.74 Å². The summed E-state index contributed by atoms with van der Waals surface area (Å²) in [5.74, 6) is 1.94. The molecule has 0 radical (unpaired) electrons. The van der Waals surface area contributed by atoms with E-state index >= 15 is 0 Å². The van der Waals surface area contributed by atoms with Crippen LogP contribution >= 0.6 is 0 Å². The number of benzene rings is 1. The summed E-state index contributed by atoms with van der Waals surface area (Å²) in [5.41, 5.74) is 5.59. The minimum Gasteiger partial charge on any atom is -0.496 e. The lowest BCUT2D eigenvalue weighted by atomic mass is 9.92. The van der Waals surface area contributed by atoms with Gasteiger partial charge >= 0.3 is 0 Å². The van der Waals surface area contributed by atoms with Gasteiger partial charge in [-0.25, -0.2) is 0 Å². The first-order chi connectivity index (χ1) is 13.6. The Labute approximate surface area is 171 Å². The number of methoxy groups -OCH3 is 1. The smallest absolute Gasteiger partial charge is 0.122 e. The Morgan fingerprint density at radius 3 is 2.54 bits per heavy atom. The number of likely N-dealkylation sites (tertiary alicyclic amines) is 1. The summed E-state index contributed by atoms with van der Waals surface area (Å²) in [7, 11) is 1.81. The second-order valence-electron chi connectivity index (χ2n) is 8.54. The maximum absolute atomic E-state index is 5.80. The van der Waals surface area contributed by atoms with E-state index in [0.717, 1.165) is 43.9 Å². The van der Waals surface area contributed by atoms with Crippen molar-refractivity contribution in [2.24, 2.45) is 5.92 Å². The van der Waals surface area contributed by atoms with Crippen LogP contribution in [0.25, 0.3) is 0 Å². The highest BCUT2D eigenvalue weighted by molar-refractivity contribution is 5.47. The van der Waals surface area contributed by atoms with Crippen molar-refractivity contribution in [2.75, 3.05) is 26.7 Å². The van der Waals surface area contributed by atoms with Crippen LogP contribution in [0, 0.1) is 5.92 Å². The van der Waals surface area contributed by atoms with E-state index in [1.807, 2.05) is 0 Å². The van der Waals surface area contributed by atoms with Crippen LogP contribution < -0.4 is 10.1 Å². The van der Waals surface area contributed by atoms with Crippen molar-refractivity contribution in [1.82, 2.24) is 10.2 Å². The van der Waals surface area contributed by atoms with Crippen molar-refractivity contribution in [2.45, 2.75) is 65.3 Å². The Morgan fingerprint density at radius 2 is 1.86 bits per heavy atom. The second kappa shape index (κ2) is 10.2. The molecule has 2 heterocycles. The number of aryl methyl sites for hydroxylation is 1. The second-order valence-corrected chi connectivity index (χ2v) is 8.54. The topological polar surface area (TPSA) is 24.5 Å². The molecule has 0 saturated carbocycles. The van der Waals surface area contributed by atoms with Gasteiger partial charge in [0.15, 0.2) is 0 Å². The van der Waals surface area contributed by atoms with E-state index in [9.17, 15) is 0 Å². The summed E-state index contributed by atoms with van der Waals surface area (Å²) >= 11 is 0. The van der Waals surface area contributed by atoms with Gasteiger partial charge in [-0.05, 0) is 85.3 Å². The third kappa shape index (κ3) is 5.20. The molecule has 154 valence electrons. The van der Waals surface area contributed by atoms with E-state index in [-0.39, 0.29) is 6.04 Å². The summed E-state index contributed by atoms with van der Waals surface area (Å²) in [6.45, 7) is 10.4. The molecule has 0 spiro atoms. The monoisotopic (exact) mass is 382 g/mol. The molecule has 3 heteroatoms. The van der Waals surface area contributed by atoms with Crippen molar-refractivity contribution in [3.63, 3.8) is 0 Å². The minimum absolute atomic E-state index is 0.226. The third-order valence-corrected chi connectivity index (χ3v) is 6.16. The lowest BCUT2D eigenvalue weighted by Gasteiger charge is -2.31. The quantitative estimate of drug-likeness (QED) is 0.650. The maximum atomic E-state index is 5.80. The van der Waals surface area contributed by atoms with Gasteiger partial charge in [-0.3, -0.25) is 4.90 Å². The van der Waals surface area contributed by atoms with Gasteiger partial charge in [0, 0.05) is 6.54 Å². The standard InChI is InChI=1S/C25H38N2O/c1-5-7-21-16-22(17-25(28-4)23(21)8-6-2)24-15-20(9-12-26-24)18-27-13-10-19(3)11-14-27/h9,12,15-17,19,24,26H,5-8,10-11,13-14,18H2,1-4H3. The van der Waals surface area contributed by atoms with Crippen LogP contribution in [-0.4, -0.2) is 31.6 Å². The predicted octanol–water partition coefficient (Wildman–Crippen LogP) is 5.42. The zero-order valence-corrected chi connectivity index (χ0v) is 18.3. The third-order valence-electron chi connectivity index (χ3n) is 6.16. The van der Waals surface area contributed by atoms with Crippen molar-refractivity contribution in [3.8, 4) is 5.75 Å². The zero-order valence-electron chi connectivity index (χ0n) is 18.3. The number of piperidine rings is 1. The molecule has 1 fully saturated rings. The van der Waals surface area contributed by atoms with E-state index in [1.165, 1.54) is 48.2 Å². The number of nitrogens with zero attached hydrogens (tertiary/aromatic N) is 1. The average Bonchev–Trinajstić information content (AvgIpc) is 2.71. The molecule has 1 unspecified atom stereocenters. The molecule has 1 saturated heterocycles. The van der Waals surface area contributed by atoms with Crippen LogP contribution in [0.1, 0.15) is 69.2 Å². The Bertz CT molecular complexity index is 699. The number of hydrogen-bond acceptors (Lipinski definition) is 3. The average molecular weight is 383 g/mol. The van der Waals surface area contributed by atoms with Crippen LogP contribution in [0.4, 0.5) is 0 Å². The van der Waals surface area contributed by atoms with Crippen molar-refractivity contribution >= 4 is 0 Å². The molecule has 1 aromatic carbocycles. The first-order valence-corrected chi connectivity index (χ1v) is 11.2. The Morgan fingerprint density at radius 1 is 1.11 bits per heavy atom. The van der Waals surface area contributed by atoms with Crippen LogP contribution in [0.2, 0.25) is 0 Å². The fourth-order valence-electron chi connectivity index (χ4n) is 4.47. The lowest BCUT2D eigenvalue weighted by molar-refractivity contribution is 0.207. The molecular formula is C25H38N2O. The SMILES string of the molecule is CCCc1cc(C2C=C(CN3CCC(C)CC3)C=CN2)cc(OC)c1CCC. The van der Waals surface area contributed by atoms with E-state index in [0.29, 0.717) is 0 Å². The van der Waals surface area contributed by atoms with Crippen molar-refractivity contribution in [3.05, 3.63) is 52.7 Å². The van der Waals surface area contributed by atoms with Gasteiger partial charge in [0.2, 0.25) is 0 Å². The molecule has 3 rings (SSSR count). The number of ether oxygens (including phenoxy) is 1. The van der Waals surface area contributed by atoms with Crippen LogP contribution in [-0.2, 0) is 12.8 Å². The number of rotatable bonds is 8. The highest BCUT2D eigenvalue weighted by atomic mass is 16.5. The normalized spacial score (nSPS) is 20.7. The molecule has 0 aromatic heterocycles. The summed E-state index contributed by atoms with van der Waals surface area (Å²) in [4.78, 5) is 2.60. The molecule has 28 heavy (non-hydrogen) atoms. The van der Waals surface area contributed by atoms with Gasteiger partial charge in [-0.2, -0.15) is 0 Å². The van der Waals surface area contributed by atoms with E-state index < -0.39 is 0 Å². The summed E-state index contributed by atoms with van der Waals surface area (Å²) < 4.78 is 5.80. The molecule has 2 aliphatic heterocycles. The number of nitrogens with one attached hydrogen (secondary N) is 1. The van der Waals surface area contributed by atoms with Crippen molar-refractivity contribution < 1.29 is 4.74 Å². The number of dihydropyridines is 1. The maximum Gasteiger partial charge on any atom is 0.122 e. The van der Waals surface area contributed by atoms with Gasteiger partial charge in [0.25, 0.3) is 0 Å². The summed E-state index contributed by atoms with van der Waals surface area (Å²) in [6.07, 6.45) is 13.9. The van der Waals surface area contributed by atoms with Gasteiger partial charge < -0.3 is 10.1 Å². The first-order valence-electron chi connectivity index (χ1n) is 11.2. The predicted molar refractivity (Wildman–Crippen MR) is 119 cm³/mol. The van der Waals surface area contributed by atoms with Crippen LogP contribution in [0.5, 0.6) is 5.75 Å².